The van der Waals surface area contributed by atoms with Crippen LogP contribution in [-0.4, -0.2) is 103 Å². The molecule has 0 heterocycles. The molecule has 0 spiro atoms. The van der Waals surface area contributed by atoms with Gasteiger partial charge in [0.2, 0.25) is 0 Å². The second-order valence-corrected chi connectivity index (χ2v) is 13.0. The fourth-order valence-electron chi connectivity index (χ4n) is 3.81. The number of hydrogen-bond acceptors (Lipinski definition) is 10. The van der Waals surface area contributed by atoms with Gasteiger partial charge in [-0.15, -0.1) is 0 Å². The van der Waals surface area contributed by atoms with E-state index in [1.165, 1.54) is 63.5 Å². The molecule has 40 heavy (non-hydrogen) atoms. The molecule has 242 valence electrons. The number of ether oxygens (including phenoxy) is 4. The van der Waals surface area contributed by atoms with Gasteiger partial charge in [-0.2, -0.15) is 11.8 Å². The van der Waals surface area contributed by atoms with E-state index in [1.54, 1.807) is 13.8 Å². The van der Waals surface area contributed by atoms with Gasteiger partial charge in [0.25, 0.3) is 0 Å². The van der Waals surface area contributed by atoms with E-state index in [4.69, 9.17) is 28.0 Å². The van der Waals surface area contributed by atoms with Crippen LogP contribution in [0.5, 0.6) is 0 Å². The largest absolute Gasteiger partial charge is 0.378 e. The van der Waals surface area contributed by atoms with Crippen molar-refractivity contribution in [2.45, 2.75) is 85.0 Å². The minimum atomic E-state index is -3.02. The lowest BCUT2D eigenvalue weighted by atomic mass is 10.1. The zero-order valence-electron chi connectivity index (χ0n) is 26.1. The molecule has 0 aliphatic carbocycles. The van der Waals surface area contributed by atoms with Crippen LogP contribution in [0.4, 0.5) is 0 Å². The first-order chi connectivity index (χ1) is 19.7. The zero-order valence-corrected chi connectivity index (χ0v) is 27.8. The molecule has 0 fully saturated rings. The third-order valence-electron chi connectivity index (χ3n) is 5.96. The minimum absolute atomic E-state index is 0.260. The number of rotatable bonds is 35. The minimum Gasteiger partial charge on any atom is -0.378 e. The number of unbranched alkanes of at least 4 members (excludes halogenated alkanes) is 7. The summed E-state index contributed by atoms with van der Waals surface area (Å²) >= 11 is 2.00. The summed E-state index contributed by atoms with van der Waals surface area (Å²) in [5.41, 5.74) is 0. The number of nitrogens with one attached hydrogen (secondary N) is 2. The lowest BCUT2D eigenvalue weighted by Crippen LogP contribution is -2.22. The van der Waals surface area contributed by atoms with Crippen molar-refractivity contribution < 1.29 is 32.6 Å². The smallest absolute Gasteiger partial charge is 0.332 e. The third-order valence-corrected chi connectivity index (χ3v) is 9.15. The predicted molar refractivity (Wildman–Crippen MR) is 169 cm³/mol. The second kappa shape index (κ2) is 33.8. The average Bonchev–Trinajstić information content (AvgIpc) is 2.94. The molecular weight excluding hydrogens is 551 g/mol. The lowest BCUT2D eigenvalue weighted by Gasteiger charge is -2.16. The molecule has 0 aliphatic rings. The molecular formula is C29H63N2O7PS. The molecule has 0 rings (SSSR count). The second-order valence-electron chi connectivity index (χ2n) is 9.60. The van der Waals surface area contributed by atoms with Crippen molar-refractivity contribution in [3.05, 3.63) is 0 Å². The Morgan fingerprint density at radius 3 is 1.80 bits per heavy atom. The van der Waals surface area contributed by atoms with Gasteiger partial charge in [0, 0.05) is 13.2 Å². The van der Waals surface area contributed by atoms with Gasteiger partial charge in [-0.05, 0) is 57.7 Å². The first kappa shape index (κ1) is 40.3. The van der Waals surface area contributed by atoms with Crippen molar-refractivity contribution in [3.63, 3.8) is 0 Å². The van der Waals surface area contributed by atoms with E-state index in [-0.39, 0.29) is 6.16 Å². The summed E-state index contributed by atoms with van der Waals surface area (Å²) in [5, 5.41) is 6.81. The van der Waals surface area contributed by atoms with Crippen molar-refractivity contribution in [2.24, 2.45) is 0 Å². The Morgan fingerprint density at radius 2 is 1.12 bits per heavy atom. The molecule has 0 radical (unpaired) electrons. The van der Waals surface area contributed by atoms with Crippen molar-refractivity contribution >= 4 is 19.4 Å². The van der Waals surface area contributed by atoms with E-state index >= 15 is 0 Å². The molecule has 0 amide bonds. The third kappa shape index (κ3) is 31.2. The molecule has 11 heteroatoms. The monoisotopic (exact) mass is 614 g/mol. The summed E-state index contributed by atoms with van der Waals surface area (Å²) in [7, 11) is -3.02. The predicted octanol–water partition coefficient (Wildman–Crippen LogP) is 6.11. The fraction of sp³-hybridized carbons (Fsp3) is 1.00. The average molecular weight is 615 g/mol. The SMILES string of the molecule is CCCCCCCCCCNCOCCCSCCCNCCOCCOCCOCCP(=O)(OCC)OCC. The maximum Gasteiger partial charge on any atom is 0.332 e. The highest BCUT2D eigenvalue weighted by molar-refractivity contribution is 7.99. The van der Waals surface area contributed by atoms with Crippen LogP contribution in [0.25, 0.3) is 0 Å². The van der Waals surface area contributed by atoms with Crippen molar-refractivity contribution in [2.75, 3.05) is 103 Å². The van der Waals surface area contributed by atoms with Gasteiger partial charge < -0.3 is 33.3 Å². The van der Waals surface area contributed by atoms with Crippen LogP contribution in [-0.2, 0) is 32.6 Å². The highest BCUT2D eigenvalue weighted by atomic mass is 32.2. The van der Waals surface area contributed by atoms with Gasteiger partial charge in [0.15, 0.2) is 0 Å². The maximum atomic E-state index is 12.3. The summed E-state index contributed by atoms with van der Waals surface area (Å²) < 4.78 is 45.0. The quantitative estimate of drug-likeness (QED) is 0.0495. The Hall–Kier alpha value is 0.260. The molecule has 9 nitrogen and oxygen atoms in total. The van der Waals surface area contributed by atoms with Gasteiger partial charge in [0.1, 0.15) is 0 Å². The first-order valence-corrected chi connectivity index (χ1v) is 18.7. The summed E-state index contributed by atoms with van der Waals surface area (Å²) in [6, 6.07) is 0. The number of hydrogen-bond donors (Lipinski definition) is 2. The first-order valence-electron chi connectivity index (χ1n) is 15.9. The van der Waals surface area contributed by atoms with E-state index in [2.05, 4.69) is 17.6 Å². The Labute approximate surface area is 250 Å². The van der Waals surface area contributed by atoms with Crippen LogP contribution in [0.3, 0.4) is 0 Å². The van der Waals surface area contributed by atoms with Crippen LogP contribution >= 0.6 is 19.4 Å². The van der Waals surface area contributed by atoms with E-state index in [1.807, 2.05) is 11.8 Å². The molecule has 0 aromatic heterocycles. The molecule has 0 bridgehead atoms. The Balaban J connectivity index is 3.15. The van der Waals surface area contributed by atoms with E-state index in [0.29, 0.717) is 59.6 Å². The Kier molecular flexibility index (Phi) is 34.0. The summed E-state index contributed by atoms with van der Waals surface area (Å²) in [5.74, 6) is 2.34. The molecule has 0 atom stereocenters. The number of thioether (sulfide) groups is 1. The van der Waals surface area contributed by atoms with E-state index in [0.717, 1.165) is 38.4 Å². The van der Waals surface area contributed by atoms with Crippen LogP contribution in [0.1, 0.15) is 85.0 Å². The Morgan fingerprint density at radius 1 is 0.550 bits per heavy atom. The summed E-state index contributed by atoms with van der Waals surface area (Å²) in [6.07, 6.45) is 13.4. The van der Waals surface area contributed by atoms with Crippen LogP contribution in [0, 0.1) is 0 Å². The van der Waals surface area contributed by atoms with E-state index in [9.17, 15) is 4.57 Å². The molecule has 2 N–H and O–H groups in total. The molecule has 0 aromatic rings. The van der Waals surface area contributed by atoms with Gasteiger partial charge in [-0.25, -0.2) is 0 Å². The summed E-state index contributed by atoms with van der Waals surface area (Å²) in [4.78, 5) is 0. The Bertz CT molecular complexity index is 529. The fourth-order valence-corrected chi connectivity index (χ4v) is 6.16. The topological polar surface area (TPSA) is 96.5 Å². The van der Waals surface area contributed by atoms with Crippen molar-refractivity contribution in [1.29, 1.82) is 0 Å². The van der Waals surface area contributed by atoms with Gasteiger partial charge in [0.05, 0.1) is 65.7 Å². The van der Waals surface area contributed by atoms with Crippen LogP contribution < -0.4 is 10.6 Å². The summed E-state index contributed by atoms with van der Waals surface area (Å²) in [6.45, 7) is 14.1. The van der Waals surface area contributed by atoms with Crippen LogP contribution in [0.15, 0.2) is 0 Å². The van der Waals surface area contributed by atoms with Crippen LogP contribution in [0.2, 0.25) is 0 Å². The van der Waals surface area contributed by atoms with E-state index < -0.39 is 7.60 Å². The maximum absolute atomic E-state index is 12.3. The molecule has 0 aliphatic heterocycles. The highest BCUT2D eigenvalue weighted by Gasteiger charge is 2.22. The van der Waals surface area contributed by atoms with Gasteiger partial charge >= 0.3 is 7.60 Å². The van der Waals surface area contributed by atoms with Crippen molar-refractivity contribution in [1.82, 2.24) is 10.6 Å². The highest BCUT2D eigenvalue weighted by Crippen LogP contribution is 2.47. The van der Waals surface area contributed by atoms with Crippen molar-refractivity contribution in [3.8, 4) is 0 Å². The molecule has 0 saturated carbocycles. The van der Waals surface area contributed by atoms with Gasteiger partial charge in [-0.1, -0.05) is 51.9 Å². The normalized spacial score (nSPS) is 12.0. The zero-order chi connectivity index (χ0) is 29.2. The standard InChI is InChI=1S/C29H63N2O7PS/c1-4-7-8-9-10-11-12-13-16-31-29-36-19-15-28-40-27-14-17-30-18-20-33-21-22-34-23-24-35-25-26-39(32,37-5-2)38-6-3/h30-31H,4-29H2,1-3H3. The molecule has 0 saturated heterocycles. The molecule has 0 unspecified atom stereocenters. The molecule has 0 aromatic carbocycles. The lowest BCUT2D eigenvalue weighted by molar-refractivity contribution is 0.0172. The van der Waals surface area contributed by atoms with Gasteiger partial charge in [-0.3, -0.25) is 9.88 Å².